The highest BCUT2D eigenvalue weighted by atomic mass is 35.5. The third-order valence-corrected chi connectivity index (χ3v) is 3.39. The summed E-state index contributed by atoms with van der Waals surface area (Å²) >= 11 is 5.73. The molecular formula is C16H15ClN2O4. The third-order valence-electron chi connectivity index (χ3n) is 3.16. The van der Waals surface area contributed by atoms with E-state index >= 15 is 0 Å². The number of amides is 1. The van der Waals surface area contributed by atoms with E-state index < -0.39 is 4.92 Å². The number of carbonyl (C=O) groups is 1. The Morgan fingerprint density at radius 3 is 2.61 bits per heavy atom. The second-order valence-electron chi connectivity index (χ2n) is 4.89. The number of hydrogen-bond donors (Lipinski definition) is 0. The quantitative estimate of drug-likeness (QED) is 0.600. The Balaban J connectivity index is 1.98. The van der Waals surface area contributed by atoms with Gasteiger partial charge in [0.25, 0.3) is 5.91 Å². The van der Waals surface area contributed by atoms with Crippen molar-refractivity contribution in [1.82, 2.24) is 4.90 Å². The second kappa shape index (κ2) is 7.60. The second-order valence-corrected chi connectivity index (χ2v) is 5.33. The summed E-state index contributed by atoms with van der Waals surface area (Å²) in [5, 5.41) is 11.2. The zero-order valence-electron chi connectivity index (χ0n) is 12.4. The molecule has 7 heteroatoms. The van der Waals surface area contributed by atoms with E-state index in [4.69, 9.17) is 16.3 Å². The van der Waals surface area contributed by atoms with Crippen LogP contribution in [0.3, 0.4) is 0 Å². The van der Waals surface area contributed by atoms with E-state index in [2.05, 4.69) is 0 Å². The van der Waals surface area contributed by atoms with Crippen molar-refractivity contribution < 1.29 is 14.5 Å². The van der Waals surface area contributed by atoms with Crippen LogP contribution in [0.15, 0.2) is 48.5 Å². The SMILES string of the molecule is CN(Cc1ccccc1)C(=O)COc1ccc(Cl)cc1[N+](=O)[O-]. The number of ether oxygens (including phenoxy) is 1. The van der Waals surface area contributed by atoms with Gasteiger partial charge in [-0.05, 0) is 17.7 Å². The Bertz CT molecular complexity index is 706. The molecule has 0 fully saturated rings. The molecule has 120 valence electrons. The molecule has 2 rings (SSSR count). The number of hydrogen-bond acceptors (Lipinski definition) is 4. The maximum Gasteiger partial charge on any atom is 0.312 e. The van der Waals surface area contributed by atoms with Crippen LogP contribution in [0.2, 0.25) is 5.02 Å². The van der Waals surface area contributed by atoms with Crippen molar-refractivity contribution in [3.05, 3.63) is 69.2 Å². The summed E-state index contributed by atoms with van der Waals surface area (Å²) in [4.78, 5) is 23.9. The summed E-state index contributed by atoms with van der Waals surface area (Å²) in [6, 6.07) is 13.5. The number of nitrogens with zero attached hydrogens (tertiary/aromatic N) is 2. The summed E-state index contributed by atoms with van der Waals surface area (Å²) in [5.41, 5.74) is 0.719. The van der Waals surface area contributed by atoms with E-state index in [0.717, 1.165) is 5.56 Å². The Morgan fingerprint density at radius 1 is 1.26 bits per heavy atom. The molecule has 0 unspecified atom stereocenters. The van der Waals surface area contributed by atoms with Gasteiger partial charge in [0.1, 0.15) is 0 Å². The summed E-state index contributed by atoms with van der Waals surface area (Å²) < 4.78 is 5.28. The van der Waals surface area contributed by atoms with Crippen LogP contribution in [0, 0.1) is 10.1 Å². The maximum atomic E-state index is 12.1. The van der Waals surface area contributed by atoms with Gasteiger partial charge in [-0.25, -0.2) is 0 Å². The average molecular weight is 335 g/mol. The molecule has 0 aromatic heterocycles. The Hall–Kier alpha value is -2.60. The van der Waals surface area contributed by atoms with Gasteiger partial charge in [0.2, 0.25) is 0 Å². The van der Waals surface area contributed by atoms with Crippen molar-refractivity contribution in [2.75, 3.05) is 13.7 Å². The van der Waals surface area contributed by atoms with Gasteiger partial charge < -0.3 is 9.64 Å². The Labute approximate surface area is 138 Å². The number of benzene rings is 2. The molecule has 0 N–H and O–H groups in total. The number of nitro groups is 1. The minimum atomic E-state index is -0.598. The van der Waals surface area contributed by atoms with E-state index in [1.165, 1.54) is 23.1 Å². The lowest BCUT2D eigenvalue weighted by Crippen LogP contribution is -2.31. The van der Waals surface area contributed by atoms with Crippen LogP contribution in [0.25, 0.3) is 0 Å². The van der Waals surface area contributed by atoms with Gasteiger partial charge in [-0.15, -0.1) is 0 Å². The summed E-state index contributed by atoms with van der Waals surface area (Å²) in [5.74, 6) is -0.265. The highest BCUT2D eigenvalue weighted by molar-refractivity contribution is 6.30. The fraction of sp³-hybridized carbons (Fsp3) is 0.188. The van der Waals surface area contributed by atoms with E-state index in [0.29, 0.717) is 6.54 Å². The molecule has 0 saturated carbocycles. The Morgan fingerprint density at radius 2 is 1.96 bits per heavy atom. The van der Waals surface area contributed by atoms with Gasteiger partial charge in [0, 0.05) is 24.7 Å². The molecule has 2 aromatic carbocycles. The number of nitro benzene ring substituents is 1. The largest absolute Gasteiger partial charge is 0.477 e. The minimum absolute atomic E-state index is 0.0147. The smallest absolute Gasteiger partial charge is 0.312 e. The monoisotopic (exact) mass is 334 g/mol. The lowest BCUT2D eigenvalue weighted by Gasteiger charge is -2.17. The fourth-order valence-electron chi connectivity index (χ4n) is 1.95. The van der Waals surface area contributed by atoms with Crippen molar-refractivity contribution in [2.24, 2.45) is 0 Å². The average Bonchev–Trinajstić information content (AvgIpc) is 2.54. The molecule has 0 heterocycles. The normalized spacial score (nSPS) is 10.2. The highest BCUT2D eigenvalue weighted by Gasteiger charge is 2.18. The number of rotatable bonds is 6. The lowest BCUT2D eigenvalue weighted by molar-refractivity contribution is -0.385. The van der Waals surface area contributed by atoms with Crippen LogP contribution < -0.4 is 4.74 Å². The van der Waals surface area contributed by atoms with Crippen LogP contribution in [-0.2, 0) is 11.3 Å². The first-order chi connectivity index (χ1) is 11.0. The molecule has 1 amide bonds. The van der Waals surface area contributed by atoms with Crippen LogP contribution in [0.4, 0.5) is 5.69 Å². The van der Waals surface area contributed by atoms with Crippen molar-refractivity contribution in [1.29, 1.82) is 0 Å². The maximum absolute atomic E-state index is 12.1. The molecule has 0 spiro atoms. The van der Waals surface area contributed by atoms with E-state index in [-0.39, 0.29) is 29.0 Å². The van der Waals surface area contributed by atoms with Gasteiger partial charge in [0.05, 0.1) is 4.92 Å². The standard InChI is InChI=1S/C16H15ClN2O4/c1-18(10-12-5-3-2-4-6-12)16(20)11-23-15-8-7-13(17)9-14(15)19(21)22/h2-9H,10-11H2,1H3. The molecule has 0 radical (unpaired) electrons. The lowest BCUT2D eigenvalue weighted by atomic mass is 10.2. The fourth-order valence-corrected chi connectivity index (χ4v) is 2.12. The first-order valence-electron chi connectivity index (χ1n) is 6.82. The zero-order valence-corrected chi connectivity index (χ0v) is 13.2. The summed E-state index contributed by atoms with van der Waals surface area (Å²) in [7, 11) is 1.65. The zero-order chi connectivity index (χ0) is 16.8. The number of carbonyl (C=O) groups excluding carboxylic acids is 1. The number of likely N-dealkylation sites (N-methyl/N-ethyl adjacent to an activating group) is 1. The summed E-state index contributed by atoms with van der Waals surface area (Å²) in [6.07, 6.45) is 0. The first-order valence-corrected chi connectivity index (χ1v) is 7.20. The summed E-state index contributed by atoms with van der Waals surface area (Å²) in [6.45, 7) is 0.150. The third kappa shape index (κ3) is 4.69. The molecule has 0 aliphatic carbocycles. The van der Waals surface area contributed by atoms with Crippen LogP contribution in [0.1, 0.15) is 5.56 Å². The molecular weight excluding hydrogens is 320 g/mol. The van der Waals surface area contributed by atoms with Crippen molar-refractivity contribution >= 4 is 23.2 Å². The van der Waals surface area contributed by atoms with Crippen molar-refractivity contribution in [3.63, 3.8) is 0 Å². The van der Waals surface area contributed by atoms with E-state index in [1.54, 1.807) is 7.05 Å². The molecule has 0 saturated heterocycles. The van der Waals surface area contributed by atoms with Crippen LogP contribution >= 0.6 is 11.6 Å². The molecule has 0 atom stereocenters. The van der Waals surface area contributed by atoms with Gasteiger partial charge in [0.15, 0.2) is 12.4 Å². The topological polar surface area (TPSA) is 72.7 Å². The van der Waals surface area contributed by atoms with Gasteiger partial charge in [-0.3, -0.25) is 14.9 Å². The first kappa shape index (κ1) is 16.8. The predicted molar refractivity (Wildman–Crippen MR) is 86.5 cm³/mol. The molecule has 0 bridgehead atoms. The molecule has 0 aliphatic rings. The molecule has 0 aliphatic heterocycles. The van der Waals surface area contributed by atoms with E-state index in [1.807, 2.05) is 30.3 Å². The van der Waals surface area contributed by atoms with Crippen LogP contribution in [0.5, 0.6) is 5.75 Å². The molecule has 2 aromatic rings. The van der Waals surface area contributed by atoms with Crippen molar-refractivity contribution in [3.8, 4) is 5.75 Å². The van der Waals surface area contributed by atoms with E-state index in [9.17, 15) is 14.9 Å². The highest BCUT2D eigenvalue weighted by Crippen LogP contribution is 2.29. The van der Waals surface area contributed by atoms with Gasteiger partial charge in [-0.1, -0.05) is 41.9 Å². The molecule has 23 heavy (non-hydrogen) atoms. The number of halogens is 1. The van der Waals surface area contributed by atoms with Crippen molar-refractivity contribution in [2.45, 2.75) is 6.54 Å². The predicted octanol–water partition coefficient (Wildman–Crippen LogP) is 3.29. The van der Waals surface area contributed by atoms with Gasteiger partial charge in [-0.2, -0.15) is 0 Å². The van der Waals surface area contributed by atoms with Crippen LogP contribution in [-0.4, -0.2) is 29.4 Å². The molecule has 6 nitrogen and oxygen atoms in total. The Kier molecular flexibility index (Phi) is 5.54. The van der Waals surface area contributed by atoms with Gasteiger partial charge >= 0.3 is 5.69 Å². The minimum Gasteiger partial charge on any atom is -0.477 e.